The Balaban J connectivity index is 0.990. The van der Waals surface area contributed by atoms with Crippen molar-refractivity contribution < 1.29 is 74.4 Å². The average molecular weight is 855 g/mol. The first kappa shape index (κ1) is 45.7. The smallest absolute Gasteiger partial charge is 0.186 e. The third-order valence-electron chi connectivity index (χ3n) is 18.4. The topological polar surface area (TPSA) is 237 Å². The second-order valence-electron chi connectivity index (χ2n) is 22.3. The maximum atomic E-state index is 11.7. The number of rotatable bonds is 7. The van der Waals surface area contributed by atoms with Crippen molar-refractivity contribution in [1.82, 2.24) is 0 Å². The maximum absolute atomic E-state index is 11.7. The predicted octanol–water partition coefficient (Wildman–Crippen LogP) is 1.50. The number of hydrogen-bond acceptors (Lipinski definition) is 15. The minimum Gasteiger partial charge on any atom is -0.393 e. The zero-order valence-electron chi connectivity index (χ0n) is 36.6. The SMILES string of the molecule is CC1(C)C[C@H]2C3=CC[C@@H]4[C@@]5(C)CC[C@H](O)C(C)(C)[C@@H]5CC[C@@]4(C)[C@]3(C)CC[C@@]2(CO[C@@H]2OC[C@@H](O)[C@@H](O[C@@H]3OC[C@@H](O)[C@@H](O[C@@H]4OC[C@@H](O)[C@@H](O)[C@@H]4O)[C@@H]3O)[C@@H]2O)C[C@@H]1O. The van der Waals surface area contributed by atoms with Crippen molar-refractivity contribution in [3.05, 3.63) is 11.6 Å². The molecule has 0 radical (unpaired) electrons. The van der Waals surface area contributed by atoms with Gasteiger partial charge < -0.3 is 74.4 Å². The minimum absolute atomic E-state index is 0.0517. The summed E-state index contributed by atoms with van der Waals surface area (Å²) in [6.45, 7) is 15.6. The van der Waals surface area contributed by atoms with Crippen LogP contribution in [0.15, 0.2) is 11.6 Å². The fraction of sp³-hybridized carbons (Fsp3) is 0.956. The summed E-state index contributed by atoms with van der Waals surface area (Å²) >= 11 is 0. The Morgan fingerprint density at radius 3 is 1.83 bits per heavy atom. The van der Waals surface area contributed by atoms with Crippen LogP contribution in [-0.2, 0) is 28.4 Å². The third kappa shape index (κ3) is 7.11. The van der Waals surface area contributed by atoms with E-state index in [1.807, 2.05) is 0 Å². The molecule has 4 saturated carbocycles. The van der Waals surface area contributed by atoms with Gasteiger partial charge in [0, 0.05) is 5.41 Å². The van der Waals surface area contributed by atoms with Crippen molar-refractivity contribution in [3.8, 4) is 0 Å². The number of aliphatic hydroxyl groups excluding tert-OH is 9. The lowest BCUT2D eigenvalue weighted by molar-refractivity contribution is -0.357. The number of ether oxygens (including phenoxy) is 6. The van der Waals surface area contributed by atoms with Gasteiger partial charge in [-0.25, -0.2) is 0 Å². The number of allylic oxidation sites excluding steroid dienone is 2. The summed E-state index contributed by atoms with van der Waals surface area (Å²) in [6.07, 6.45) is -7.69. The van der Waals surface area contributed by atoms with Crippen molar-refractivity contribution in [2.75, 3.05) is 26.4 Å². The van der Waals surface area contributed by atoms with Crippen LogP contribution in [0, 0.1) is 50.2 Å². The quantitative estimate of drug-likeness (QED) is 0.165. The largest absolute Gasteiger partial charge is 0.393 e. The van der Waals surface area contributed by atoms with Crippen molar-refractivity contribution in [1.29, 1.82) is 0 Å². The zero-order valence-corrected chi connectivity index (χ0v) is 36.6. The highest BCUT2D eigenvalue weighted by Crippen LogP contribution is 2.75. The fourth-order valence-electron chi connectivity index (χ4n) is 14.2. The van der Waals surface area contributed by atoms with Crippen molar-refractivity contribution >= 4 is 0 Å². The molecule has 9 N–H and O–H groups in total. The molecule has 0 aromatic rings. The normalized spacial score (nSPS) is 55.1. The zero-order chi connectivity index (χ0) is 43.5. The Hall–Kier alpha value is -0.860. The van der Waals surface area contributed by atoms with Crippen molar-refractivity contribution in [2.45, 2.75) is 192 Å². The summed E-state index contributed by atoms with van der Waals surface area (Å²) in [6, 6.07) is 0. The lowest BCUT2D eigenvalue weighted by Crippen LogP contribution is -2.65. The Kier molecular flexibility index (Phi) is 12.1. The molecule has 0 unspecified atom stereocenters. The van der Waals surface area contributed by atoms with E-state index in [1.54, 1.807) is 0 Å². The van der Waals surface area contributed by atoms with Gasteiger partial charge in [-0.2, -0.15) is 0 Å². The van der Waals surface area contributed by atoms with Crippen molar-refractivity contribution in [2.24, 2.45) is 50.2 Å². The van der Waals surface area contributed by atoms with E-state index < -0.39 is 85.3 Å². The van der Waals surface area contributed by atoms with E-state index in [0.29, 0.717) is 18.3 Å². The summed E-state index contributed by atoms with van der Waals surface area (Å²) < 4.78 is 35.0. The van der Waals surface area contributed by atoms with E-state index in [4.69, 9.17) is 28.4 Å². The molecule has 344 valence electrons. The highest BCUT2D eigenvalue weighted by atomic mass is 16.7. The van der Waals surface area contributed by atoms with Gasteiger partial charge in [0.2, 0.25) is 0 Å². The van der Waals surface area contributed by atoms with Gasteiger partial charge >= 0.3 is 0 Å². The Bertz CT molecular complexity index is 1590. The van der Waals surface area contributed by atoms with Gasteiger partial charge in [0.1, 0.15) is 54.9 Å². The summed E-state index contributed by atoms with van der Waals surface area (Å²) in [4.78, 5) is 0. The third-order valence-corrected chi connectivity index (χ3v) is 18.4. The van der Waals surface area contributed by atoms with Gasteiger partial charge in [0.05, 0.1) is 38.6 Å². The second-order valence-corrected chi connectivity index (χ2v) is 22.3. The van der Waals surface area contributed by atoms with Crippen LogP contribution >= 0.6 is 0 Å². The van der Waals surface area contributed by atoms with Crippen LogP contribution in [0.5, 0.6) is 0 Å². The van der Waals surface area contributed by atoms with E-state index in [0.717, 1.165) is 51.4 Å². The molecule has 8 aliphatic rings. The number of hydrogen-bond donors (Lipinski definition) is 9. The maximum Gasteiger partial charge on any atom is 0.186 e. The first-order valence-electron chi connectivity index (χ1n) is 22.6. The first-order valence-corrected chi connectivity index (χ1v) is 22.6. The molecule has 5 aliphatic carbocycles. The Morgan fingerprint density at radius 1 is 0.600 bits per heavy atom. The molecule has 3 aliphatic heterocycles. The van der Waals surface area contributed by atoms with E-state index in [1.165, 1.54) is 5.57 Å². The monoisotopic (exact) mass is 855 g/mol. The molecule has 0 amide bonds. The summed E-state index contributed by atoms with van der Waals surface area (Å²) in [5.41, 5.74) is 0.645. The van der Waals surface area contributed by atoms with Crippen molar-refractivity contribution in [3.63, 3.8) is 0 Å². The van der Waals surface area contributed by atoms with Crippen LogP contribution in [-0.4, -0.2) is 158 Å². The molecule has 0 aromatic heterocycles. The minimum atomic E-state index is -1.68. The molecule has 8 rings (SSSR count). The predicted molar refractivity (Wildman–Crippen MR) is 213 cm³/mol. The average Bonchev–Trinajstić information content (AvgIpc) is 3.18. The molecule has 15 heteroatoms. The van der Waals surface area contributed by atoms with Crippen LogP contribution in [0.4, 0.5) is 0 Å². The molecule has 15 nitrogen and oxygen atoms in total. The molecular formula is C45H74O15. The Morgan fingerprint density at radius 2 is 1.18 bits per heavy atom. The van der Waals surface area contributed by atoms with Crippen LogP contribution in [0.2, 0.25) is 0 Å². The van der Waals surface area contributed by atoms with Crippen LogP contribution < -0.4 is 0 Å². The van der Waals surface area contributed by atoms with Gasteiger partial charge in [-0.1, -0.05) is 60.1 Å². The van der Waals surface area contributed by atoms with E-state index in [2.05, 4.69) is 54.5 Å². The highest BCUT2D eigenvalue weighted by Gasteiger charge is 2.69. The van der Waals surface area contributed by atoms with Gasteiger partial charge in [-0.3, -0.25) is 0 Å². The fourth-order valence-corrected chi connectivity index (χ4v) is 14.2. The highest BCUT2D eigenvalue weighted by molar-refractivity contribution is 5.34. The standard InChI is InChI=1S/C45H74O15/c1-40(2)16-23-22-8-9-28-42(5)12-11-29(49)41(3,4)27(42)10-13-44(28,7)43(22,6)14-15-45(23,17-30(40)50)21-58-37-33(53)35(25(47)19-55-37)60-39-34(54)36(26(48)20-57-39)59-38-32(52)31(51)24(46)18-56-38/h8,23-39,46-54H,9-21H2,1-7H3/t23-,24+,25+,26+,27-,28+,29-,30-,31+,32-,33-,34-,35+,36+,37-,38-,39-,42-,43+,44+,45-/m0/s1. The van der Waals surface area contributed by atoms with Crippen LogP contribution in [0.3, 0.4) is 0 Å². The Labute approximate surface area is 354 Å². The van der Waals surface area contributed by atoms with Crippen LogP contribution in [0.1, 0.15) is 106 Å². The number of aliphatic hydroxyl groups is 9. The van der Waals surface area contributed by atoms with Gasteiger partial charge in [-0.15, -0.1) is 0 Å². The molecule has 60 heavy (non-hydrogen) atoms. The molecule has 0 bridgehead atoms. The van der Waals surface area contributed by atoms with Crippen LogP contribution in [0.25, 0.3) is 0 Å². The lowest BCUT2D eigenvalue weighted by atomic mass is 9.33. The van der Waals surface area contributed by atoms with Gasteiger partial charge in [0.25, 0.3) is 0 Å². The molecule has 3 heterocycles. The van der Waals surface area contributed by atoms with Gasteiger partial charge in [0.15, 0.2) is 18.9 Å². The summed E-state index contributed by atoms with van der Waals surface area (Å²) in [5, 5.41) is 97.7. The molecule has 0 aromatic carbocycles. The summed E-state index contributed by atoms with van der Waals surface area (Å²) in [7, 11) is 0. The molecule has 0 spiro atoms. The lowest BCUT2D eigenvalue weighted by Gasteiger charge is -2.71. The molecule has 3 saturated heterocycles. The number of fused-ring (bicyclic) bond motifs is 7. The van der Waals surface area contributed by atoms with Gasteiger partial charge in [-0.05, 0) is 103 Å². The van der Waals surface area contributed by atoms with E-state index >= 15 is 0 Å². The molecular weight excluding hydrogens is 780 g/mol. The molecule has 7 fully saturated rings. The summed E-state index contributed by atoms with van der Waals surface area (Å²) in [5.74, 6) is 1.05. The second kappa shape index (κ2) is 15.9. The van der Waals surface area contributed by atoms with E-state index in [-0.39, 0.29) is 65.5 Å². The molecule has 21 atom stereocenters. The van der Waals surface area contributed by atoms with E-state index in [9.17, 15) is 46.0 Å². The first-order chi connectivity index (χ1) is 28.0.